The molecule has 0 saturated carbocycles. The molecule has 0 aliphatic carbocycles. The summed E-state index contributed by atoms with van der Waals surface area (Å²) in [4.78, 5) is 31.5. The van der Waals surface area contributed by atoms with Crippen LogP contribution in [0.4, 0.5) is 10.1 Å². The number of aliphatic imine (C=N–C) groups is 1. The number of fused-ring (bicyclic) bond motifs is 4. The zero-order valence-electron chi connectivity index (χ0n) is 15.5. The first-order chi connectivity index (χ1) is 12.7. The lowest BCUT2D eigenvalue weighted by atomic mass is 9.77. The maximum atomic E-state index is 14.7. The highest BCUT2D eigenvalue weighted by Gasteiger charge is 2.57. The van der Waals surface area contributed by atoms with Gasteiger partial charge in [-0.1, -0.05) is 51.1 Å². The average Bonchev–Trinajstić information content (AvgIpc) is 2.64. The average molecular weight is 366 g/mol. The van der Waals surface area contributed by atoms with Crippen LogP contribution in [0.5, 0.6) is 0 Å². The summed E-state index contributed by atoms with van der Waals surface area (Å²) in [5.74, 6) is -1.27. The van der Waals surface area contributed by atoms with Crippen molar-refractivity contribution in [2.24, 2.45) is 10.4 Å². The van der Waals surface area contributed by atoms with Crippen LogP contribution in [0, 0.1) is 11.2 Å². The van der Waals surface area contributed by atoms with Gasteiger partial charge in [0, 0.05) is 29.2 Å². The fraction of sp³-hybridized carbons (Fsp3) is 0.286. The van der Waals surface area contributed by atoms with Gasteiger partial charge in [0.2, 0.25) is 5.60 Å². The molecule has 2 heterocycles. The molecule has 6 heteroatoms. The molecule has 1 unspecified atom stereocenters. The number of amides is 2. The number of benzene rings is 2. The number of para-hydroxylation sites is 1. The van der Waals surface area contributed by atoms with E-state index < -0.39 is 28.6 Å². The van der Waals surface area contributed by atoms with Gasteiger partial charge < -0.3 is 4.74 Å². The molecule has 2 aromatic carbocycles. The number of carbonyl (C=O) groups excluding carboxylic acids is 2. The number of hydrogen-bond donors (Lipinski definition) is 0. The second kappa shape index (κ2) is 5.49. The topological polar surface area (TPSA) is 59.0 Å². The largest absolute Gasteiger partial charge is 0.454 e. The molecule has 1 atom stereocenters. The van der Waals surface area contributed by atoms with Gasteiger partial charge in [0.25, 0.3) is 11.8 Å². The quantitative estimate of drug-likeness (QED) is 0.667. The molecule has 5 nitrogen and oxygen atoms in total. The molecule has 0 radical (unpaired) electrons. The number of carbonyl (C=O) groups is 2. The molecule has 2 aliphatic rings. The third kappa shape index (κ3) is 2.25. The van der Waals surface area contributed by atoms with Crippen molar-refractivity contribution >= 4 is 23.4 Å². The van der Waals surface area contributed by atoms with E-state index in [4.69, 9.17) is 4.74 Å². The Labute approximate surface area is 156 Å². The monoisotopic (exact) mass is 366 g/mol. The normalized spacial score (nSPS) is 21.5. The summed E-state index contributed by atoms with van der Waals surface area (Å²) >= 11 is 0. The Morgan fingerprint density at radius 2 is 1.70 bits per heavy atom. The minimum atomic E-state index is -1.65. The smallest absolute Gasteiger partial charge is 0.283 e. The Morgan fingerprint density at radius 1 is 1.04 bits per heavy atom. The highest BCUT2D eigenvalue weighted by Crippen LogP contribution is 2.49. The van der Waals surface area contributed by atoms with Crippen LogP contribution in [0.15, 0.2) is 47.5 Å². The van der Waals surface area contributed by atoms with Crippen LogP contribution >= 0.6 is 0 Å². The fourth-order valence-electron chi connectivity index (χ4n) is 3.52. The summed E-state index contributed by atoms with van der Waals surface area (Å²) in [5, 5.41) is 0. The van der Waals surface area contributed by atoms with E-state index in [0.717, 1.165) is 4.90 Å². The van der Waals surface area contributed by atoms with Crippen molar-refractivity contribution in [2.75, 3.05) is 7.05 Å². The van der Waals surface area contributed by atoms with Crippen molar-refractivity contribution in [3.8, 4) is 0 Å². The van der Waals surface area contributed by atoms with Crippen molar-refractivity contribution in [2.45, 2.75) is 26.4 Å². The number of hydrogen-bond acceptors (Lipinski definition) is 4. The summed E-state index contributed by atoms with van der Waals surface area (Å²) in [5.41, 5.74) is -1.10. The van der Waals surface area contributed by atoms with E-state index in [9.17, 15) is 14.0 Å². The van der Waals surface area contributed by atoms with Gasteiger partial charge in [0.05, 0.1) is 0 Å². The molecular formula is C21H19FN2O3. The molecule has 4 rings (SSSR count). The second-order valence-electron chi connectivity index (χ2n) is 7.80. The van der Waals surface area contributed by atoms with E-state index >= 15 is 0 Å². The lowest BCUT2D eigenvalue weighted by Gasteiger charge is -2.44. The summed E-state index contributed by atoms with van der Waals surface area (Å²) in [6.45, 7) is 5.62. The highest BCUT2D eigenvalue weighted by molar-refractivity contribution is 6.15. The van der Waals surface area contributed by atoms with Gasteiger partial charge in [-0.25, -0.2) is 9.38 Å². The first kappa shape index (κ1) is 17.4. The van der Waals surface area contributed by atoms with E-state index in [1.807, 2.05) is 20.8 Å². The summed E-state index contributed by atoms with van der Waals surface area (Å²) in [7, 11) is 1.41. The Hall–Kier alpha value is -3.02. The van der Waals surface area contributed by atoms with Crippen LogP contribution < -0.4 is 0 Å². The van der Waals surface area contributed by atoms with Crippen LogP contribution in [0.2, 0.25) is 0 Å². The molecule has 0 fully saturated rings. The van der Waals surface area contributed by atoms with E-state index in [1.165, 1.54) is 19.2 Å². The minimum Gasteiger partial charge on any atom is -0.454 e. The molecule has 0 saturated heterocycles. The Balaban J connectivity index is 2.13. The molecule has 2 amide bonds. The molecule has 2 aliphatic heterocycles. The van der Waals surface area contributed by atoms with Crippen LogP contribution in [0.1, 0.15) is 42.3 Å². The Morgan fingerprint density at radius 3 is 2.41 bits per heavy atom. The van der Waals surface area contributed by atoms with Gasteiger partial charge in [0.15, 0.2) is 5.90 Å². The number of likely N-dealkylation sites (N-methyl/N-ethyl adjacent to an activating group) is 1. The van der Waals surface area contributed by atoms with Gasteiger partial charge in [-0.15, -0.1) is 0 Å². The summed E-state index contributed by atoms with van der Waals surface area (Å²) in [6.07, 6.45) is 0. The molecule has 1 spiro atoms. The fourth-order valence-corrected chi connectivity index (χ4v) is 3.52. The number of halogens is 1. The first-order valence-electron chi connectivity index (χ1n) is 8.67. The third-order valence-electron chi connectivity index (χ3n) is 4.92. The maximum absolute atomic E-state index is 14.7. The zero-order valence-corrected chi connectivity index (χ0v) is 15.5. The molecular weight excluding hydrogens is 347 g/mol. The van der Waals surface area contributed by atoms with Gasteiger partial charge in [0.1, 0.15) is 11.5 Å². The van der Waals surface area contributed by atoms with Crippen LogP contribution in [-0.2, 0) is 15.1 Å². The number of ether oxygens (including phenoxy) is 1. The van der Waals surface area contributed by atoms with Crippen LogP contribution in [0.25, 0.3) is 0 Å². The molecule has 0 aromatic heterocycles. The van der Waals surface area contributed by atoms with E-state index in [2.05, 4.69) is 4.99 Å². The summed E-state index contributed by atoms with van der Waals surface area (Å²) in [6, 6.07) is 11.2. The van der Waals surface area contributed by atoms with E-state index in [0.29, 0.717) is 16.7 Å². The SMILES string of the molecule is CN1C(=O)c2ccccc2C2(OC(C(C)(C)C)=Nc3c(F)cccc32)C1=O. The maximum Gasteiger partial charge on any atom is 0.283 e. The standard InChI is InChI=1S/C21H19FN2O3/c1-20(2,3)18-23-16-14(10-7-11-15(16)22)21(27-18)13-9-6-5-8-12(13)17(25)24(4)19(21)26/h5-11H,1-4H3. The molecule has 2 aromatic rings. The first-order valence-corrected chi connectivity index (χ1v) is 8.67. The molecule has 0 bridgehead atoms. The number of rotatable bonds is 0. The highest BCUT2D eigenvalue weighted by atomic mass is 19.1. The minimum absolute atomic E-state index is 0.0691. The predicted molar refractivity (Wildman–Crippen MR) is 98.4 cm³/mol. The lowest BCUT2D eigenvalue weighted by Crippen LogP contribution is -2.57. The molecule has 0 N–H and O–H groups in total. The zero-order chi connectivity index (χ0) is 19.6. The second-order valence-corrected chi connectivity index (χ2v) is 7.80. The van der Waals surface area contributed by atoms with Crippen molar-refractivity contribution in [3.05, 3.63) is 65.0 Å². The van der Waals surface area contributed by atoms with Crippen molar-refractivity contribution in [1.82, 2.24) is 4.90 Å². The Bertz CT molecular complexity index is 1020. The van der Waals surface area contributed by atoms with E-state index in [1.54, 1.807) is 30.3 Å². The van der Waals surface area contributed by atoms with Gasteiger partial charge in [-0.2, -0.15) is 0 Å². The Kier molecular flexibility index (Phi) is 3.54. The van der Waals surface area contributed by atoms with Crippen molar-refractivity contribution in [1.29, 1.82) is 0 Å². The van der Waals surface area contributed by atoms with Gasteiger partial charge in [-0.05, 0) is 12.1 Å². The van der Waals surface area contributed by atoms with Gasteiger partial charge >= 0.3 is 0 Å². The molecule has 138 valence electrons. The van der Waals surface area contributed by atoms with Crippen LogP contribution in [-0.4, -0.2) is 29.7 Å². The van der Waals surface area contributed by atoms with Gasteiger partial charge in [-0.3, -0.25) is 14.5 Å². The van der Waals surface area contributed by atoms with Crippen LogP contribution in [0.3, 0.4) is 0 Å². The molecule has 27 heavy (non-hydrogen) atoms. The summed E-state index contributed by atoms with van der Waals surface area (Å²) < 4.78 is 21.0. The van der Waals surface area contributed by atoms with Crippen molar-refractivity contribution < 1.29 is 18.7 Å². The van der Waals surface area contributed by atoms with Crippen molar-refractivity contribution in [3.63, 3.8) is 0 Å². The van der Waals surface area contributed by atoms with E-state index in [-0.39, 0.29) is 11.6 Å². The predicted octanol–water partition coefficient (Wildman–Crippen LogP) is 3.79. The lowest BCUT2D eigenvalue weighted by molar-refractivity contribution is -0.144. The third-order valence-corrected chi connectivity index (χ3v) is 4.92. The number of imide groups is 1. The number of nitrogens with zero attached hydrogens (tertiary/aromatic N) is 2.